The number of aromatic nitrogens is 1. The first-order valence-electron chi connectivity index (χ1n) is 6.85. The molecule has 0 fully saturated rings. The SMILES string of the molecule is Cc1ccc(NC(=O)CCc2nc(C(C)C)cs2)cc1. The molecule has 0 saturated carbocycles. The number of nitrogens with one attached hydrogen (secondary N) is 1. The second-order valence-corrected chi connectivity index (χ2v) is 6.18. The number of carbonyl (C=O) groups excluding carboxylic acids is 1. The van der Waals surface area contributed by atoms with Gasteiger partial charge in [0.1, 0.15) is 0 Å². The second kappa shape index (κ2) is 6.66. The maximum absolute atomic E-state index is 11.9. The Labute approximate surface area is 124 Å². The zero-order valence-electron chi connectivity index (χ0n) is 12.1. The first kappa shape index (κ1) is 14.7. The maximum Gasteiger partial charge on any atom is 0.224 e. The monoisotopic (exact) mass is 288 g/mol. The van der Waals surface area contributed by atoms with Crippen LogP contribution < -0.4 is 5.32 Å². The molecule has 20 heavy (non-hydrogen) atoms. The van der Waals surface area contributed by atoms with Crippen LogP contribution in [-0.4, -0.2) is 10.9 Å². The van der Waals surface area contributed by atoms with Crippen LogP contribution in [0.3, 0.4) is 0 Å². The van der Waals surface area contributed by atoms with Gasteiger partial charge in [0.25, 0.3) is 0 Å². The number of benzene rings is 1. The molecule has 0 radical (unpaired) electrons. The van der Waals surface area contributed by atoms with E-state index in [1.807, 2.05) is 31.2 Å². The lowest BCUT2D eigenvalue weighted by Crippen LogP contribution is -2.12. The predicted molar refractivity (Wildman–Crippen MR) is 84.3 cm³/mol. The summed E-state index contributed by atoms with van der Waals surface area (Å²) in [4.78, 5) is 16.4. The number of rotatable bonds is 5. The second-order valence-electron chi connectivity index (χ2n) is 5.24. The fourth-order valence-corrected chi connectivity index (χ4v) is 2.75. The minimum Gasteiger partial charge on any atom is -0.326 e. The van der Waals surface area contributed by atoms with Crippen molar-refractivity contribution >= 4 is 22.9 Å². The van der Waals surface area contributed by atoms with E-state index in [2.05, 4.69) is 29.5 Å². The van der Waals surface area contributed by atoms with Crippen LogP contribution in [-0.2, 0) is 11.2 Å². The van der Waals surface area contributed by atoms with E-state index in [1.54, 1.807) is 11.3 Å². The van der Waals surface area contributed by atoms with Gasteiger partial charge in [0, 0.05) is 23.9 Å². The van der Waals surface area contributed by atoms with Gasteiger partial charge < -0.3 is 5.32 Å². The Morgan fingerprint density at radius 2 is 2.00 bits per heavy atom. The molecule has 2 rings (SSSR count). The fourth-order valence-electron chi connectivity index (χ4n) is 1.79. The van der Waals surface area contributed by atoms with E-state index in [1.165, 1.54) is 5.56 Å². The van der Waals surface area contributed by atoms with Crippen LogP contribution in [0.2, 0.25) is 0 Å². The molecule has 1 amide bonds. The van der Waals surface area contributed by atoms with Crippen LogP contribution in [0, 0.1) is 6.92 Å². The van der Waals surface area contributed by atoms with Gasteiger partial charge in [-0.3, -0.25) is 4.79 Å². The van der Waals surface area contributed by atoms with Crippen molar-refractivity contribution in [2.24, 2.45) is 0 Å². The largest absolute Gasteiger partial charge is 0.326 e. The number of aryl methyl sites for hydroxylation is 2. The first-order valence-corrected chi connectivity index (χ1v) is 7.73. The molecular weight excluding hydrogens is 268 g/mol. The van der Waals surface area contributed by atoms with Crippen molar-refractivity contribution in [2.45, 2.75) is 39.5 Å². The van der Waals surface area contributed by atoms with Crippen LogP contribution >= 0.6 is 11.3 Å². The molecule has 106 valence electrons. The van der Waals surface area contributed by atoms with Crippen LogP contribution in [0.5, 0.6) is 0 Å². The molecule has 3 nitrogen and oxygen atoms in total. The molecule has 1 aromatic carbocycles. The summed E-state index contributed by atoms with van der Waals surface area (Å²) in [5.41, 5.74) is 3.15. The van der Waals surface area contributed by atoms with Gasteiger partial charge in [-0.05, 0) is 25.0 Å². The summed E-state index contributed by atoms with van der Waals surface area (Å²) in [5.74, 6) is 0.483. The van der Waals surface area contributed by atoms with Crippen molar-refractivity contribution in [3.05, 3.63) is 45.9 Å². The Bertz CT molecular complexity index is 572. The van der Waals surface area contributed by atoms with Gasteiger partial charge in [-0.25, -0.2) is 4.98 Å². The average molecular weight is 288 g/mol. The molecule has 0 bridgehead atoms. The first-order chi connectivity index (χ1) is 9.54. The fraction of sp³-hybridized carbons (Fsp3) is 0.375. The Balaban J connectivity index is 1.84. The third-order valence-electron chi connectivity index (χ3n) is 3.06. The molecule has 2 aromatic rings. The van der Waals surface area contributed by atoms with Crippen molar-refractivity contribution < 1.29 is 4.79 Å². The summed E-state index contributed by atoms with van der Waals surface area (Å²) in [6, 6.07) is 7.83. The number of nitrogens with zero attached hydrogens (tertiary/aromatic N) is 1. The van der Waals surface area contributed by atoms with Gasteiger partial charge in [0.05, 0.1) is 10.7 Å². The van der Waals surface area contributed by atoms with Crippen molar-refractivity contribution in [1.29, 1.82) is 0 Å². The van der Waals surface area contributed by atoms with E-state index >= 15 is 0 Å². The summed E-state index contributed by atoms with van der Waals surface area (Å²) < 4.78 is 0. The van der Waals surface area contributed by atoms with E-state index in [9.17, 15) is 4.79 Å². The van der Waals surface area contributed by atoms with Crippen molar-refractivity contribution in [3.63, 3.8) is 0 Å². The van der Waals surface area contributed by atoms with E-state index in [0.29, 0.717) is 18.8 Å². The molecule has 0 atom stereocenters. The molecule has 0 aliphatic rings. The Morgan fingerprint density at radius 1 is 1.30 bits per heavy atom. The molecule has 4 heteroatoms. The lowest BCUT2D eigenvalue weighted by Gasteiger charge is -2.04. The number of anilines is 1. The highest BCUT2D eigenvalue weighted by molar-refractivity contribution is 7.09. The third kappa shape index (κ3) is 4.17. The lowest BCUT2D eigenvalue weighted by atomic mass is 10.2. The molecule has 1 aromatic heterocycles. The molecule has 1 heterocycles. The third-order valence-corrected chi connectivity index (χ3v) is 3.99. The minimum absolute atomic E-state index is 0.0372. The van der Waals surface area contributed by atoms with Gasteiger partial charge in [0.2, 0.25) is 5.91 Å². The van der Waals surface area contributed by atoms with Gasteiger partial charge >= 0.3 is 0 Å². The summed E-state index contributed by atoms with van der Waals surface area (Å²) >= 11 is 1.64. The molecule has 0 unspecified atom stereocenters. The van der Waals surface area contributed by atoms with E-state index in [4.69, 9.17) is 0 Å². The lowest BCUT2D eigenvalue weighted by molar-refractivity contribution is -0.116. The number of thiazole rings is 1. The topological polar surface area (TPSA) is 42.0 Å². The Morgan fingerprint density at radius 3 is 2.60 bits per heavy atom. The minimum atomic E-state index is 0.0372. The summed E-state index contributed by atoms with van der Waals surface area (Å²) in [7, 11) is 0. The number of amides is 1. The predicted octanol–water partition coefficient (Wildman–Crippen LogP) is 4.15. The van der Waals surface area contributed by atoms with Gasteiger partial charge in [0.15, 0.2) is 0 Å². The molecule has 0 aliphatic heterocycles. The van der Waals surface area contributed by atoms with Crippen molar-refractivity contribution in [3.8, 4) is 0 Å². The molecule has 0 spiro atoms. The summed E-state index contributed by atoms with van der Waals surface area (Å²) in [5, 5.41) is 6.02. The molecule has 0 saturated heterocycles. The number of hydrogen-bond donors (Lipinski definition) is 1. The van der Waals surface area contributed by atoms with E-state index in [0.717, 1.165) is 16.4 Å². The van der Waals surface area contributed by atoms with Crippen LogP contribution in [0.15, 0.2) is 29.6 Å². The van der Waals surface area contributed by atoms with Crippen LogP contribution in [0.4, 0.5) is 5.69 Å². The molecule has 0 aliphatic carbocycles. The quantitative estimate of drug-likeness (QED) is 0.898. The normalized spacial score (nSPS) is 10.8. The number of hydrogen-bond acceptors (Lipinski definition) is 3. The van der Waals surface area contributed by atoms with Crippen LogP contribution in [0.1, 0.15) is 42.5 Å². The smallest absolute Gasteiger partial charge is 0.224 e. The van der Waals surface area contributed by atoms with Gasteiger partial charge in [-0.15, -0.1) is 11.3 Å². The number of carbonyl (C=O) groups is 1. The maximum atomic E-state index is 11.9. The zero-order chi connectivity index (χ0) is 14.5. The summed E-state index contributed by atoms with van der Waals surface area (Å²) in [6.45, 7) is 6.28. The van der Waals surface area contributed by atoms with Crippen molar-refractivity contribution in [2.75, 3.05) is 5.32 Å². The standard InChI is InChI=1S/C16H20N2OS/c1-11(2)14-10-20-16(18-14)9-8-15(19)17-13-6-4-12(3)5-7-13/h4-7,10-11H,8-9H2,1-3H3,(H,17,19). The molecular formula is C16H20N2OS. The average Bonchev–Trinajstić information content (AvgIpc) is 2.88. The van der Waals surface area contributed by atoms with Crippen molar-refractivity contribution in [1.82, 2.24) is 4.98 Å². The Hall–Kier alpha value is -1.68. The van der Waals surface area contributed by atoms with E-state index in [-0.39, 0.29) is 5.91 Å². The molecule has 1 N–H and O–H groups in total. The summed E-state index contributed by atoms with van der Waals surface area (Å²) in [6.07, 6.45) is 1.17. The van der Waals surface area contributed by atoms with E-state index < -0.39 is 0 Å². The zero-order valence-corrected chi connectivity index (χ0v) is 13.0. The van der Waals surface area contributed by atoms with Crippen LogP contribution in [0.25, 0.3) is 0 Å². The van der Waals surface area contributed by atoms with Gasteiger partial charge in [-0.2, -0.15) is 0 Å². The highest BCUT2D eigenvalue weighted by Gasteiger charge is 2.08. The van der Waals surface area contributed by atoms with Gasteiger partial charge in [-0.1, -0.05) is 31.5 Å². The highest BCUT2D eigenvalue weighted by Crippen LogP contribution is 2.19. The Kier molecular flexibility index (Phi) is 4.90. The highest BCUT2D eigenvalue weighted by atomic mass is 32.1.